The Kier molecular flexibility index (Phi) is 5.17. The molecular formula is C21H24ClN3O3. The predicted molar refractivity (Wildman–Crippen MR) is 109 cm³/mol. The molecule has 0 spiro atoms. The van der Waals surface area contributed by atoms with E-state index in [1.165, 1.54) is 6.26 Å². The lowest BCUT2D eigenvalue weighted by Gasteiger charge is -2.41. The molecule has 3 heterocycles. The molecule has 2 amide bonds. The highest BCUT2D eigenvalue weighted by Crippen LogP contribution is 2.39. The molecule has 1 fully saturated rings. The summed E-state index contributed by atoms with van der Waals surface area (Å²) < 4.78 is 5.33. The van der Waals surface area contributed by atoms with Crippen molar-refractivity contribution in [3.8, 4) is 0 Å². The van der Waals surface area contributed by atoms with Gasteiger partial charge in [-0.05, 0) is 49.1 Å². The van der Waals surface area contributed by atoms with Crippen molar-refractivity contribution in [2.45, 2.75) is 37.6 Å². The number of benzene rings is 1. The summed E-state index contributed by atoms with van der Waals surface area (Å²) in [5.41, 5.74) is 2.61. The van der Waals surface area contributed by atoms with Crippen LogP contribution in [0.4, 0.5) is 11.4 Å². The molecular weight excluding hydrogens is 378 g/mol. The minimum absolute atomic E-state index is 0.0354. The van der Waals surface area contributed by atoms with Crippen LogP contribution in [-0.4, -0.2) is 42.9 Å². The third kappa shape index (κ3) is 3.42. The predicted octanol–water partition coefficient (Wildman–Crippen LogP) is 3.37. The second kappa shape index (κ2) is 7.60. The fourth-order valence-corrected chi connectivity index (χ4v) is 4.57. The van der Waals surface area contributed by atoms with E-state index in [1.54, 1.807) is 28.9 Å². The highest BCUT2D eigenvalue weighted by Gasteiger charge is 2.35. The molecule has 1 saturated heterocycles. The topological polar surface area (TPSA) is 65.8 Å². The maximum absolute atomic E-state index is 13.1. The number of hydrogen-bond acceptors (Lipinski definition) is 4. The molecule has 0 saturated carbocycles. The maximum atomic E-state index is 13.1. The maximum Gasteiger partial charge on any atom is 0.294 e. The van der Waals surface area contributed by atoms with Crippen molar-refractivity contribution in [3.05, 3.63) is 47.9 Å². The first-order chi connectivity index (χ1) is 13.5. The van der Waals surface area contributed by atoms with Gasteiger partial charge in [0.2, 0.25) is 5.91 Å². The highest BCUT2D eigenvalue weighted by molar-refractivity contribution is 6.20. The van der Waals surface area contributed by atoms with Crippen molar-refractivity contribution in [2.24, 2.45) is 0 Å². The van der Waals surface area contributed by atoms with E-state index < -0.39 is 0 Å². The molecule has 148 valence electrons. The van der Waals surface area contributed by atoms with Crippen molar-refractivity contribution in [3.63, 3.8) is 0 Å². The van der Waals surface area contributed by atoms with E-state index >= 15 is 0 Å². The van der Waals surface area contributed by atoms with Crippen LogP contribution in [0.5, 0.6) is 0 Å². The number of anilines is 2. The molecule has 2 aromatic rings. The molecule has 0 aliphatic carbocycles. The number of rotatable bonds is 2. The molecule has 28 heavy (non-hydrogen) atoms. The van der Waals surface area contributed by atoms with E-state index in [9.17, 15) is 9.59 Å². The van der Waals surface area contributed by atoms with Crippen LogP contribution in [0.2, 0.25) is 0 Å². The van der Waals surface area contributed by atoms with E-state index in [0.29, 0.717) is 12.3 Å². The SMILES string of the molecule is CC(=O)N1c2ccc(C3CNCC(Cl)C3)cc2N(C(=O)c2ccco2)CC1C. The molecule has 3 unspecified atom stereocenters. The number of carbonyl (C=O) groups is 2. The molecule has 2 aliphatic heterocycles. The summed E-state index contributed by atoms with van der Waals surface area (Å²) in [6, 6.07) is 9.26. The fourth-order valence-electron chi connectivity index (χ4n) is 4.25. The average molecular weight is 402 g/mol. The van der Waals surface area contributed by atoms with Crippen LogP contribution in [0.25, 0.3) is 0 Å². The van der Waals surface area contributed by atoms with Crippen molar-refractivity contribution < 1.29 is 14.0 Å². The van der Waals surface area contributed by atoms with Crippen LogP contribution >= 0.6 is 11.6 Å². The van der Waals surface area contributed by atoms with Gasteiger partial charge in [0, 0.05) is 31.9 Å². The molecule has 0 radical (unpaired) electrons. The summed E-state index contributed by atoms with van der Waals surface area (Å²) >= 11 is 6.34. The first kappa shape index (κ1) is 19.0. The molecule has 6 nitrogen and oxygen atoms in total. The zero-order valence-electron chi connectivity index (χ0n) is 16.0. The monoisotopic (exact) mass is 401 g/mol. The van der Waals surface area contributed by atoms with Gasteiger partial charge in [-0.25, -0.2) is 0 Å². The van der Waals surface area contributed by atoms with Crippen LogP contribution in [0, 0.1) is 0 Å². The van der Waals surface area contributed by atoms with Gasteiger partial charge in [0.1, 0.15) is 0 Å². The Balaban J connectivity index is 1.76. The van der Waals surface area contributed by atoms with Gasteiger partial charge in [-0.15, -0.1) is 11.6 Å². The summed E-state index contributed by atoms with van der Waals surface area (Å²) in [5.74, 6) is 0.328. The second-order valence-electron chi connectivity index (χ2n) is 7.57. The molecule has 1 aromatic heterocycles. The Labute approximate surface area is 169 Å². The van der Waals surface area contributed by atoms with Crippen molar-refractivity contribution in [1.29, 1.82) is 0 Å². The number of carbonyl (C=O) groups excluding carboxylic acids is 2. The van der Waals surface area contributed by atoms with Crippen LogP contribution in [0.3, 0.4) is 0 Å². The van der Waals surface area contributed by atoms with E-state index in [4.69, 9.17) is 16.0 Å². The Morgan fingerprint density at radius 2 is 2.04 bits per heavy atom. The van der Waals surface area contributed by atoms with Crippen LogP contribution in [-0.2, 0) is 4.79 Å². The number of amides is 2. The third-order valence-electron chi connectivity index (χ3n) is 5.52. The van der Waals surface area contributed by atoms with E-state index in [1.807, 2.05) is 25.1 Å². The fraction of sp³-hybridized carbons (Fsp3) is 0.429. The number of halogens is 1. The lowest BCUT2D eigenvalue weighted by atomic mass is 9.90. The zero-order chi connectivity index (χ0) is 19.8. The number of nitrogens with zero attached hydrogens (tertiary/aromatic N) is 2. The molecule has 3 atom stereocenters. The number of nitrogens with one attached hydrogen (secondary N) is 1. The first-order valence-electron chi connectivity index (χ1n) is 9.59. The zero-order valence-corrected chi connectivity index (χ0v) is 16.8. The second-order valence-corrected chi connectivity index (χ2v) is 8.18. The molecule has 4 rings (SSSR count). The Morgan fingerprint density at radius 1 is 1.21 bits per heavy atom. The quantitative estimate of drug-likeness (QED) is 0.783. The molecule has 1 aromatic carbocycles. The molecule has 7 heteroatoms. The Bertz CT molecular complexity index is 883. The van der Waals surface area contributed by atoms with Crippen LogP contribution < -0.4 is 15.1 Å². The Hall–Kier alpha value is -2.31. The van der Waals surface area contributed by atoms with Gasteiger partial charge in [0.15, 0.2) is 5.76 Å². The standard InChI is InChI=1S/C21H24ClN3O3/c1-13-12-24(21(27)20-4-3-7-28-20)19-9-15(16-8-17(22)11-23-10-16)5-6-18(19)25(13)14(2)26/h3-7,9,13,16-17,23H,8,10-12H2,1-2H3. The summed E-state index contributed by atoms with van der Waals surface area (Å²) in [6.45, 7) is 5.57. The summed E-state index contributed by atoms with van der Waals surface area (Å²) in [5, 5.41) is 3.45. The van der Waals surface area contributed by atoms with Crippen molar-refractivity contribution in [2.75, 3.05) is 29.4 Å². The van der Waals surface area contributed by atoms with E-state index in [-0.39, 0.29) is 29.2 Å². The highest BCUT2D eigenvalue weighted by atomic mass is 35.5. The number of furan rings is 1. The number of piperidine rings is 1. The van der Waals surface area contributed by atoms with Crippen molar-refractivity contribution >= 4 is 34.8 Å². The smallest absolute Gasteiger partial charge is 0.294 e. The minimum atomic E-state index is -0.199. The normalized spacial score (nSPS) is 24.8. The van der Waals surface area contributed by atoms with Crippen molar-refractivity contribution in [1.82, 2.24) is 5.32 Å². The number of alkyl halides is 1. The average Bonchev–Trinajstić information content (AvgIpc) is 3.21. The van der Waals surface area contributed by atoms with E-state index in [0.717, 1.165) is 36.4 Å². The first-order valence-corrected chi connectivity index (χ1v) is 10.0. The number of hydrogen-bond donors (Lipinski definition) is 1. The largest absolute Gasteiger partial charge is 0.459 e. The number of fused-ring (bicyclic) bond motifs is 1. The lowest BCUT2D eigenvalue weighted by molar-refractivity contribution is -0.117. The summed E-state index contributed by atoms with van der Waals surface area (Å²) in [6.07, 6.45) is 2.38. The van der Waals surface area contributed by atoms with Gasteiger partial charge < -0.3 is 19.5 Å². The Morgan fingerprint density at radius 3 is 2.71 bits per heavy atom. The van der Waals surface area contributed by atoms with Gasteiger partial charge in [-0.3, -0.25) is 9.59 Å². The van der Waals surface area contributed by atoms with Gasteiger partial charge in [0.05, 0.1) is 23.7 Å². The van der Waals surface area contributed by atoms with Gasteiger partial charge in [-0.1, -0.05) is 6.07 Å². The summed E-state index contributed by atoms with van der Waals surface area (Å²) in [7, 11) is 0. The molecule has 1 N–H and O–H groups in total. The van der Waals surface area contributed by atoms with Gasteiger partial charge >= 0.3 is 0 Å². The third-order valence-corrected chi connectivity index (χ3v) is 5.85. The minimum Gasteiger partial charge on any atom is -0.459 e. The van der Waals surface area contributed by atoms with Gasteiger partial charge in [-0.2, -0.15) is 0 Å². The lowest BCUT2D eigenvalue weighted by Crippen LogP contribution is -2.51. The molecule has 2 aliphatic rings. The molecule has 0 bridgehead atoms. The summed E-state index contributed by atoms with van der Waals surface area (Å²) in [4.78, 5) is 28.8. The van der Waals surface area contributed by atoms with Crippen LogP contribution in [0.1, 0.15) is 42.3 Å². The van der Waals surface area contributed by atoms with E-state index in [2.05, 4.69) is 5.32 Å². The van der Waals surface area contributed by atoms with Crippen LogP contribution in [0.15, 0.2) is 41.0 Å². The van der Waals surface area contributed by atoms with Gasteiger partial charge in [0.25, 0.3) is 5.91 Å².